The molecule has 0 radical (unpaired) electrons. The van der Waals surface area contributed by atoms with Gasteiger partial charge in [0, 0.05) is 48.8 Å². The molecule has 1 aliphatic rings. The van der Waals surface area contributed by atoms with Gasteiger partial charge in [0.1, 0.15) is 29.0 Å². The van der Waals surface area contributed by atoms with Gasteiger partial charge in [0.2, 0.25) is 0 Å². The van der Waals surface area contributed by atoms with E-state index in [0.29, 0.717) is 42.6 Å². The number of carbonyl (C=O) groups is 4. The molecule has 0 aromatic heterocycles. The van der Waals surface area contributed by atoms with Gasteiger partial charge in [-0.15, -0.1) is 0 Å². The zero-order valence-corrected chi connectivity index (χ0v) is 21.8. The zero-order valence-electron chi connectivity index (χ0n) is 21.8. The highest BCUT2D eigenvalue weighted by Gasteiger charge is 2.14. The van der Waals surface area contributed by atoms with Crippen LogP contribution in [0.15, 0.2) is 78.9 Å². The quantitative estimate of drug-likeness (QED) is 0.183. The Morgan fingerprint density at radius 3 is 1.48 bits per heavy atom. The fourth-order valence-electron chi connectivity index (χ4n) is 3.90. The second-order valence-corrected chi connectivity index (χ2v) is 9.19. The molecule has 1 aliphatic heterocycles. The molecule has 0 unspecified atom stereocenters. The number of halogens is 3. The van der Waals surface area contributed by atoms with Crippen LogP contribution in [0.2, 0.25) is 0 Å². The molecule has 0 atom stereocenters. The van der Waals surface area contributed by atoms with Crippen LogP contribution < -0.4 is 0 Å². The third-order valence-corrected chi connectivity index (χ3v) is 6.08. The first-order chi connectivity index (χ1) is 19.2. The predicted octanol–water partition coefficient (Wildman–Crippen LogP) is 7.44. The summed E-state index contributed by atoms with van der Waals surface area (Å²) in [6.07, 6.45) is 4.82. The number of esters is 1. The number of benzene rings is 3. The lowest BCUT2D eigenvalue weighted by atomic mass is 10.0. The van der Waals surface area contributed by atoms with Crippen LogP contribution in [-0.4, -0.2) is 23.3 Å². The van der Waals surface area contributed by atoms with E-state index in [0.717, 1.165) is 5.56 Å². The highest BCUT2D eigenvalue weighted by atomic mass is 19.1. The summed E-state index contributed by atoms with van der Waals surface area (Å²) in [4.78, 5) is 46.7. The Balaban J connectivity index is 0.000000263. The van der Waals surface area contributed by atoms with Crippen molar-refractivity contribution in [3.05, 3.63) is 113 Å². The summed E-state index contributed by atoms with van der Waals surface area (Å²) in [5.41, 5.74) is 1.60. The third-order valence-electron chi connectivity index (χ3n) is 6.08. The van der Waals surface area contributed by atoms with Gasteiger partial charge in [0.05, 0.1) is 0 Å². The van der Waals surface area contributed by atoms with E-state index in [9.17, 15) is 32.3 Å². The maximum Gasteiger partial charge on any atom is 0.311 e. The molecular formula is C32H29F3O5. The lowest BCUT2D eigenvalue weighted by Gasteiger charge is -2.12. The van der Waals surface area contributed by atoms with Gasteiger partial charge in [-0.25, -0.2) is 13.2 Å². The molecule has 1 heterocycles. The lowest BCUT2D eigenvalue weighted by molar-refractivity contribution is -0.137. The van der Waals surface area contributed by atoms with Crippen molar-refractivity contribution in [3.8, 4) is 0 Å². The minimum atomic E-state index is -0.396. The molecule has 0 spiro atoms. The molecule has 5 nitrogen and oxygen atoms in total. The van der Waals surface area contributed by atoms with Crippen LogP contribution in [0.3, 0.4) is 0 Å². The Hall–Kier alpha value is -4.33. The van der Waals surface area contributed by atoms with Gasteiger partial charge in [-0.2, -0.15) is 0 Å². The van der Waals surface area contributed by atoms with Gasteiger partial charge >= 0.3 is 5.97 Å². The Labute approximate surface area is 230 Å². The highest BCUT2D eigenvalue weighted by molar-refractivity contribution is 5.97. The molecule has 4 rings (SSSR count). The third kappa shape index (κ3) is 10.1. The van der Waals surface area contributed by atoms with Crippen molar-refractivity contribution < 1.29 is 37.1 Å². The van der Waals surface area contributed by atoms with Gasteiger partial charge in [0.15, 0.2) is 11.6 Å². The first-order valence-corrected chi connectivity index (χ1v) is 13.0. The smallest absolute Gasteiger partial charge is 0.311 e. The Morgan fingerprint density at radius 2 is 1.05 bits per heavy atom. The number of hydrogen-bond acceptors (Lipinski definition) is 5. The fraction of sp³-hybridized carbons (Fsp3) is 0.250. The number of hydrogen-bond donors (Lipinski definition) is 0. The minimum Gasteiger partial charge on any atom is -0.426 e. The molecule has 208 valence electrons. The Kier molecular flexibility index (Phi) is 11.6. The van der Waals surface area contributed by atoms with Crippen molar-refractivity contribution in [2.75, 3.05) is 0 Å². The molecule has 3 aromatic rings. The topological polar surface area (TPSA) is 77.5 Å². The second-order valence-electron chi connectivity index (χ2n) is 9.19. The van der Waals surface area contributed by atoms with Gasteiger partial charge in [-0.1, -0.05) is 0 Å². The maximum absolute atomic E-state index is 12.8. The molecule has 8 heteroatoms. The maximum atomic E-state index is 12.8. The number of carbonyl (C=O) groups excluding carboxylic acids is 4. The summed E-state index contributed by atoms with van der Waals surface area (Å²) in [5, 5.41) is 0. The molecular weight excluding hydrogens is 521 g/mol. The molecule has 0 fully saturated rings. The van der Waals surface area contributed by atoms with E-state index in [2.05, 4.69) is 0 Å². The number of ether oxygens (including phenoxy) is 1. The van der Waals surface area contributed by atoms with Crippen LogP contribution in [0.5, 0.6) is 0 Å². The first-order valence-electron chi connectivity index (χ1n) is 13.0. The average Bonchev–Trinajstić information content (AvgIpc) is 2.94. The van der Waals surface area contributed by atoms with Crippen molar-refractivity contribution >= 4 is 29.1 Å². The molecule has 0 bridgehead atoms. The number of cyclic esters (lactones) is 1. The summed E-state index contributed by atoms with van der Waals surface area (Å²) in [5.74, 6) is -1.03. The van der Waals surface area contributed by atoms with Crippen molar-refractivity contribution in [3.63, 3.8) is 0 Å². The zero-order chi connectivity index (χ0) is 28.9. The summed E-state index contributed by atoms with van der Waals surface area (Å²) in [6, 6.07) is 16.5. The molecule has 3 aromatic carbocycles. The largest absolute Gasteiger partial charge is 0.426 e. The van der Waals surface area contributed by atoms with E-state index in [1.54, 1.807) is 12.1 Å². The molecule has 0 saturated carbocycles. The number of allylic oxidation sites excluding steroid dienone is 1. The van der Waals surface area contributed by atoms with Gasteiger partial charge in [0.25, 0.3) is 0 Å². The van der Waals surface area contributed by atoms with Crippen LogP contribution in [0.25, 0.3) is 5.76 Å². The van der Waals surface area contributed by atoms with Crippen LogP contribution in [0.4, 0.5) is 13.2 Å². The van der Waals surface area contributed by atoms with E-state index in [1.807, 2.05) is 6.08 Å². The molecule has 0 amide bonds. The SMILES string of the molecule is O=C(CCCC(=O)c1ccc(F)cc1)CCCC(=O)c1ccc(F)cc1.O=C1CCC=C(c2ccc(F)cc2)O1. The Bertz CT molecular complexity index is 1280. The van der Waals surface area contributed by atoms with Gasteiger partial charge < -0.3 is 4.74 Å². The Morgan fingerprint density at radius 1 is 0.625 bits per heavy atom. The molecule has 0 saturated heterocycles. The predicted molar refractivity (Wildman–Crippen MR) is 144 cm³/mol. The summed E-state index contributed by atoms with van der Waals surface area (Å²) >= 11 is 0. The molecule has 40 heavy (non-hydrogen) atoms. The molecule has 0 N–H and O–H groups in total. The summed E-state index contributed by atoms with van der Waals surface area (Å²) < 4.78 is 43.2. The van der Waals surface area contributed by atoms with Crippen molar-refractivity contribution in [1.82, 2.24) is 0 Å². The minimum absolute atomic E-state index is 0.00353. The highest BCUT2D eigenvalue weighted by Crippen LogP contribution is 2.22. The molecule has 0 aliphatic carbocycles. The van der Waals surface area contributed by atoms with Crippen LogP contribution >= 0.6 is 0 Å². The summed E-state index contributed by atoms with van der Waals surface area (Å²) in [7, 11) is 0. The van der Waals surface area contributed by atoms with Crippen LogP contribution in [-0.2, 0) is 14.3 Å². The van der Waals surface area contributed by atoms with Crippen molar-refractivity contribution in [2.45, 2.75) is 51.4 Å². The van der Waals surface area contributed by atoms with Crippen LogP contribution in [0.1, 0.15) is 77.6 Å². The second kappa shape index (κ2) is 15.3. The number of Topliss-reactive ketones (excluding diaryl/α,β-unsaturated/α-hetero) is 3. The van der Waals surface area contributed by atoms with Crippen LogP contribution in [0, 0.1) is 17.5 Å². The van der Waals surface area contributed by atoms with E-state index in [1.165, 1.54) is 60.7 Å². The average molecular weight is 551 g/mol. The monoisotopic (exact) mass is 550 g/mol. The number of ketones is 3. The van der Waals surface area contributed by atoms with Gasteiger partial charge in [-0.05, 0) is 98.1 Å². The summed E-state index contributed by atoms with van der Waals surface area (Å²) in [6.45, 7) is 0. The van der Waals surface area contributed by atoms with Crippen molar-refractivity contribution in [2.24, 2.45) is 0 Å². The lowest BCUT2D eigenvalue weighted by Crippen LogP contribution is -2.07. The van der Waals surface area contributed by atoms with Gasteiger partial charge in [-0.3, -0.25) is 19.2 Å². The fourth-order valence-corrected chi connectivity index (χ4v) is 3.90. The standard InChI is InChI=1S/C21H20F2O3.C11H9FO2/c22-17-11-7-15(8-12-17)20(25)5-1-3-19(24)4-2-6-21(26)16-9-13-18(23)14-10-16;12-9-6-4-8(5-7-9)10-2-1-3-11(13)14-10/h7-14H,1-6H2;2,4-7H,1,3H2. The van der Waals surface area contributed by atoms with E-state index in [4.69, 9.17) is 4.74 Å². The first kappa shape index (κ1) is 30.2. The normalized spacial score (nSPS) is 12.5. The van der Waals surface area contributed by atoms with E-state index < -0.39 is 11.6 Å². The number of rotatable bonds is 11. The van der Waals surface area contributed by atoms with E-state index in [-0.39, 0.29) is 54.8 Å². The van der Waals surface area contributed by atoms with E-state index >= 15 is 0 Å². The van der Waals surface area contributed by atoms with Crippen molar-refractivity contribution in [1.29, 1.82) is 0 Å².